The van der Waals surface area contributed by atoms with Gasteiger partial charge in [0.25, 0.3) is 10.0 Å². The van der Waals surface area contributed by atoms with Gasteiger partial charge in [-0.1, -0.05) is 12.1 Å². The Hall–Kier alpha value is -1.86. The summed E-state index contributed by atoms with van der Waals surface area (Å²) in [6, 6.07) is 5.28. The van der Waals surface area contributed by atoms with Gasteiger partial charge in [0.1, 0.15) is 5.82 Å². The minimum Gasteiger partial charge on any atom is -0.326 e. The van der Waals surface area contributed by atoms with Crippen molar-refractivity contribution in [2.45, 2.75) is 25.3 Å². The zero-order valence-corrected chi connectivity index (χ0v) is 11.6. The zero-order chi connectivity index (χ0) is 14.0. The van der Waals surface area contributed by atoms with Crippen LogP contribution in [0.25, 0.3) is 0 Å². The number of nitrogens with two attached hydrogens (primary N) is 1. The van der Waals surface area contributed by atoms with E-state index in [2.05, 4.69) is 14.9 Å². The predicted octanol–water partition coefficient (Wildman–Crippen LogP) is 1.29. The lowest BCUT2D eigenvalue weighted by Crippen LogP contribution is -2.16. The van der Waals surface area contributed by atoms with Gasteiger partial charge >= 0.3 is 0 Å². The van der Waals surface area contributed by atoms with Gasteiger partial charge in [-0.25, -0.2) is 8.42 Å². The van der Waals surface area contributed by atoms with Gasteiger partial charge in [-0.2, -0.15) is 5.10 Å². The van der Waals surface area contributed by atoms with Crippen molar-refractivity contribution in [1.82, 2.24) is 10.2 Å². The molecule has 1 heterocycles. The van der Waals surface area contributed by atoms with Gasteiger partial charge in [0, 0.05) is 12.1 Å². The van der Waals surface area contributed by atoms with Crippen molar-refractivity contribution in [2.75, 3.05) is 4.72 Å². The molecule has 0 radical (unpaired) electrons. The highest BCUT2D eigenvalue weighted by Gasteiger charge is 2.19. The van der Waals surface area contributed by atoms with Crippen molar-refractivity contribution >= 4 is 15.8 Å². The summed E-state index contributed by atoms with van der Waals surface area (Å²) in [5, 5.41) is 6.38. The molecule has 2 aromatic rings. The smallest absolute Gasteiger partial charge is 0.263 e. The minimum absolute atomic E-state index is 0.209. The Balaban J connectivity index is 2.41. The molecule has 19 heavy (non-hydrogen) atoms. The van der Waals surface area contributed by atoms with E-state index in [4.69, 9.17) is 5.73 Å². The molecule has 0 aliphatic carbocycles. The number of anilines is 1. The van der Waals surface area contributed by atoms with E-state index >= 15 is 0 Å². The molecule has 2 rings (SSSR count). The number of hydrogen-bond donors (Lipinski definition) is 3. The van der Waals surface area contributed by atoms with Crippen molar-refractivity contribution in [3.8, 4) is 0 Å². The van der Waals surface area contributed by atoms with Crippen molar-refractivity contribution in [3.05, 3.63) is 41.1 Å². The summed E-state index contributed by atoms with van der Waals surface area (Å²) in [5.74, 6) is 0.309. The van der Waals surface area contributed by atoms with Crippen LogP contribution in [0.5, 0.6) is 0 Å². The lowest BCUT2D eigenvalue weighted by molar-refractivity contribution is 0.600. The third kappa shape index (κ3) is 2.77. The Kier molecular flexibility index (Phi) is 3.59. The highest BCUT2D eigenvalue weighted by Crippen LogP contribution is 2.21. The number of nitrogens with zero attached hydrogens (tertiary/aromatic N) is 1. The maximum atomic E-state index is 12.3. The van der Waals surface area contributed by atoms with E-state index in [0.717, 1.165) is 5.56 Å². The first kappa shape index (κ1) is 13.6. The fourth-order valence-corrected chi connectivity index (χ4v) is 3.13. The number of hydrogen-bond acceptors (Lipinski definition) is 4. The second-order valence-electron chi connectivity index (χ2n) is 4.35. The van der Waals surface area contributed by atoms with Crippen LogP contribution in [0.15, 0.2) is 29.3 Å². The molecule has 7 heteroatoms. The van der Waals surface area contributed by atoms with Crippen molar-refractivity contribution in [2.24, 2.45) is 5.73 Å². The number of rotatable bonds is 4. The molecular weight excluding hydrogens is 264 g/mol. The van der Waals surface area contributed by atoms with E-state index in [9.17, 15) is 8.42 Å². The summed E-state index contributed by atoms with van der Waals surface area (Å²) in [6.45, 7) is 3.81. The SMILES string of the molecule is Cc1ccc(C)c(S(=O)(=O)Nc2[nH]ncc2CN)c1. The first-order valence-electron chi connectivity index (χ1n) is 5.76. The molecule has 4 N–H and O–H groups in total. The summed E-state index contributed by atoms with van der Waals surface area (Å²) in [5.41, 5.74) is 7.70. The summed E-state index contributed by atoms with van der Waals surface area (Å²) >= 11 is 0. The Labute approximate surface area is 112 Å². The number of aromatic amines is 1. The van der Waals surface area contributed by atoms with Crippen LogP contribution >= 0.6 is 0 Å². The van der Waals surface area contributed by atoms with Crippen molar-refractivity contribution in [3.63, 3.8) is 0 Å². The predicted molar refractivity (Wildman–Crippen MR) is 73.2 cm³/mol. The second kappa shape index (κ2) is 5.02. The molecule has 102 valence electrons. The molecule has 0 fully saturated rings. The molecule has 0 bridgehead atoms. The van der Waals surface area contributed by atoms with E-state index in [1.165, 1.54) is 6.20 Å². The Bertz CT molecular complexity index is 692. The van der Waals surface area contributed by atoms with E-state index in [1.807, 2.05) is 13.0 Å². The van der Waals surface area contributed by atoms with Gasteiger partial charge in [0.2, 0.25) is 0 Å². The lowest BCUT2D eigenvalue weighted by atomic mass is 10.2. The Morgan fingerprint density at radius 2 is 2.11 bits per heavy atom. The molecule has 1 aromatic carbocycles. The fourth-order valence-electron chi connectivity index (χ4n) is 1.74. The number of H-pyrrole nitrogens is 1. The standard InChI is InChI=1S/C12H16N4O2S/c1-8-3-4-9(2)11(5-8)19(17,18)16-12-10(6-13)7-14-15-12/h3-5,7H,6,13H2,1-2H3,(H2,14,15,16). The van der Waals surface area contributed by atoms with E-state index in [1.54, 1.807) is 19.1 Å². The maximum Gasteiger partial charge on any atom is 0.263 e. The minimum atomic E-state index is -3.65. The third-order valence-corrected chi connectivity index (χ3v) is 4.30. The number of aromatic nitrogens is 2. The molecular formula is C12H16N4O2S. The Morgan fingerprint density at radius 1 is 1.37 bits per heavy atom. The molecule has 0 aliphatic heterocycles. The third-order valence-electron chi connectivity index (χ3n) is 2.81. The van der Waals surface area contributed by atoms with Gasteiger partial charge in [0.15, 0.2) is 0 Å². The van der Waals surface area contributed by atoms with Crippen LogP contribution in [0, 0.1) is 13.8 Å². The van der Waals surface area contributed by atoms with Gasteiger partial charge in [-0.05, 0) is 31.0 Å². The number of nitrogens with one attached hydrogen (secondary N) is 2. The van der Waals surface area contributed by atoms with Gasteiger partial charge in [-0.15, -0.1) is 0 Å². The van der Waals surface area contributed by atoms with E-state index < -0.39 is 10.0 Å². The molecule has 0 amide bonds. The first-order chi connectivity index (χ1) is 8.94. The highest BCUT2D eigenvalue weighted by molar-refractivity contribution is 7.92. The average Bonchev–Trinajstić information content (AvgIpc) is 2.78. The van der Waals surface area contributed by atoms with Crippen LogP contribution in [0.3, 0.4) is 0 Å². The van der Waals surface area contributed by atoms with Gasteiger partial charge in [-0.3, -0.25) is 9.82 Å². The molecule has 1 aromatic heterocycles. The van der Waals surface area contributed by atoms with Gasteiger partial charge in [0.05, 0.1) is 11.1 Å². The molecule has 0 aliphatic rings. The topological polar surface area (TPSA) is 101 Å². The summed E-state index contributed by atoms with van der Waals surface area (Å²) in [7, 11) is -3.65. The summed E-state index contributed by atoms with van der Waals surface area (Å²) in [4.78, 5) is 0.255. The summed E-state index contributed by atoms with van der Waals surface area (Å²) in [6.07, 6.45) is 1.50. The zero-order valence-electron chi connectivity index (χ0n) is 10.8. The summed E-state index contributed by atoms with van der Waals surface area (Å²) < 4.78 is 27.2. The second-order valence-corrected chi connectivity index (χ2v) is 6.00. The monoisotopic (exact) mass is 280 g/mol. The van der Waals surface area contributed by atoms with Crippen LogP contribution in [0.4, 0.5) is 5.82 Å². The lowest BCUT2D eigenvalue weighted by Gasteiger charge is -2.10. The van der Waals surface area contributed by atoms with Crippen molar-refractivity contribution in [1.29, 1.82) is 0 Å². The number of aryl methyl sites for hydroxylation is 2. The van der Waals surface area contributed by atoms with Crippen LogP contribution in [-0.2, 0) is 16.6 Å². The first-order valence-corrected chi connectivity index (χ1v) is 7.25. The molecule has 0 saturated heterocycles. The normalized spacial score (nSPS) is 11.5. The van der Waals surface area contributed by atoms with Crippen molar-refractivity contribution < 1.29 is 8.42 Å². The molecule has 0 unspecified atom stereocenters. The quantitative estimate of drug-likeness (QED) is 0.785. The van der Waals surface area contributed by atoms with E-state index in [0.29, 0.717) is 16.9 Å². The molecule has 0 spiro atoms. The van der Waals surface area contributed by atoms with Crippen LogP contribution in [0.2, 0.25) is 0 Å². The average molecular weight is 280 g/mol. The Morgan fingerprint density at radius 3 is 2.79 bits per heavy atom. The highest BCUT2D eigenvalue weighted by atomic mass is 32.2. The van der Waals surface area contributed by atoms with E-state index in [-0.39, 0.29) is 11.4 Å². The fraction of sp³-hybridized carbons (Fsp3) is 0.250. The largest absolute Gasteiger partial charge is 0.326 e. The van der Waals surface area contributed by atoms with Crippen LogP contribution < -0.4 is 10.5 Å². The number of benzene rings is 1. The number of sulfonamides is 1. The van der Waals surface area contributed by atoms with Gasteiger partial charge < -0.3 is 5.73 Å². The van der Waals surface area contributed by atoms with Crippen LogP contribution in [-0.4, -0.2) is 18.6 Å². The molecule has 0 atom stereocenters. The van der Waals surface area contributed by atoms with Crippen LogP contribution in [0.1, 0.15) is 16.7 Å². The molecule has 0 saturated carbocycles. The molecule has 6 nitrogen and oxygen atoms in total. The maximum absolute atomic E-state index is 12.3.